The Hall–Kier alpha value is -1.30. The van der Waals surface area contributed by atoms with Crippen LogP contribution in [0.25, 0.3) is 0 Å². The lowest BCUT2D eigenvalue weighted by Crippen LogP contribution is -2.11. The molecular formula is C15H16. The van der Waals surface area contributed by atoms with Gasteiger partial charge in [0.2, 0.25) is 0 Å². The van der Waals surface area contributed by atoms with Crippen molar-refractivity contribution in [3.8, 4) is 0 Å². The van der Waals surface area contributed by atoms with E-state index in [0.29, 0.717) is 0 Å². The topological polar surface area (TPSA) is 0 Å². The van der Waals surface area contributed by atoms with Crippen LogP contribution in [0.4, 0.5) is 0 Å². The van der Waals surface area contributed by atoms with Gasteiger partial charge in [0.05, 0.1) is 0 Å². The molecule has 0 aliphatic heterocycles. The van der Waals surface area contributed by atoms with Gasteiger partial charge in [-0.15, -0.1) is 0 Å². The molecule has 3 unspecified atom stereocenters. The van der Waals surface area contributed by atoms with Gasteiger partial charge in [-0.2, -0.15) is 0 Å². The second-order valence-corrected chi connectivity index (χ2v) is 4.64. The molecule has 15 heavy (non-hydrogen) atoms. The maximum atomic E-state index is 2.45. The summed E-state index contributed by atoms with van der Waals surface area (Å²) >= 11 is 0. The zero-order valence-electron chi connectivity index (χ0n) is 8.84. The predicted octanol–water partition coefficient (Wildman–Crippen LogP) is 3.81. The molecule has 0 aromatic carbocycles. The standard InChI is InChI=1S/C15H16/c1-2-6-12(5-1)11-14-10-9-13-7-3-4-8-15(13)14/h1-8,11,13-15H,9-10H2. The molecule has 1 fully saturated rings. The van der Waals surface area contributed by atoms with Gasteiger partial charge in [-0.1, -0.05) is 54.7 Å². The number of allylic oxidation sites excluding steroid dienone is 10. The Morgan fingerprint density at radius 3 is 2.60 bits per heavy atom. The molecule has 0 amide bonds. The Labute approximate surface area is 91.4 Å². The highest BCUT2D eigenvalue weighted by molar-refractivity contribution is 5.40. The van der Waals surface area contributed by atoms with Gasteiger partial charge in [0.1, 0.15) is 0 Å². The van der Waals surface area contributed by atoms with E-state index in [0.717, 1.165) is 17.8 Å². The summed E-state index contributed by atoms with van der Waals surface area (Å²) in [6.45, 7) is 0. The van der Waals surface area contributed by atoms with Crippen molar-refractivity contribution in [3.63, 3.8) is 0 Å². The molecule has 0 heterocycles. The third-order valence-corrected chi connectivity index (χ3v) is 3.72. The Kier molecular flexibility index (Phi) is 2.21. The molecule has 0 N–H and O–H groups in total. The van der Waals surface area contributed by atoms with E-state index in [2.05, 4.69) is 54.7 Å². The summed E-state index contributed by atoms with van der Waals surface area (Å²) in [7, 11) is 0. The van der Waals surface area contributed by atoms with Crippen LogP contribution < -0.4 is 0 Å². The lowest BCUT2D eigenvalue weighted by atomic mass is 9.85. The maximum absolute atomic E-state index is 2.45. The largest absolute Gasteiger partial charge is 0.0808 e. The van der Waals surface area contributed by atoms with Crippen LogP contribution in [0, 0.1) is 17.8 Å². The van der Waals surface area contributed by atoms with Gasteiger partial charge in [0, 0.05) is 0 Å². The summed E-state index contributed by atoms with van der Waals surface area (Å²) in [6, 6.07) is 0. The quantitative estimate of drug-likeness (QED) is 0.598. The van der Waals surface area contributed by atoms with Crippen LogP contribution in [0.5, 0.6) is 0 Å². The van der Waals surface area contributed by atoms with Crippen molar-refractivity contribution in [2.75, 3.05) is 0 Å². The van der Waals surface area contributed by atoms with E-state index in [1.165, 1.54) is 18.4 Å². The third-order valence-electron chi connectivity index (χ3n) is 3.72. The Balaban J connectivity index is 1.81. The molecule has 0 aromatic heterocycles. The number of fused-ring (bicyclic) bond motifs is 1. The highest BCUT2D eigenvalue weighted by Gasteiger charge is 2.32. The molecule has 0 aromatic rings. The molecule has 3 rings (SSSR count). The zero-order valence-corrected chi connectivity index (χ0v) is 8.84. The van der Waals surface area contributed by atoms with Gasteiger partial charge in [0.15, 0.2) is 0 Å². The summed E-state index contributed by atoms with van der Waals surface area (Å²) in [5, 5.41) is 0. The van der Waals surface area contributed by atoms with Crippen LogP contribution in [0.2, 0.25) is 0 Å². The van der Waals surface area contributed by atoms with Crippen molar-refractivity contribution in [1.29, 1.82) is 0 Å². The fourth-order valence-electron chi connectivity index (χ4n) is 2.94. The van der Waals surface area contributed by atoms with Crippen LogP contribution in [0.1, 0.15) is 12.8 Å². The number of rotatable bonds is 1. The molecular weight excluding hydrogens is 180 g/mol. The second kappa shape index (κ2) is 3.69. The smallest absolute Gasteiger partial charge is 0.0104 e. The second-order valence-electron chi connectivity index (χ2n) is 4.64. The maximum Gasteiger partial charge on any atom is -0.0104 e. The molecule has 0 heteroatoms. The Morgan fingerprint density at radius 2 is 1.73 bits per heavy atom. The fraction of sp³-hybridized carbons (Fsp3) is 0.333. The minimum atomic E-state index is 0.749. The van der Waals surface area contributed by atoms with Crippen molar-refractivity contribution < 1.29 is 0 Å². The van der Waals surface area contributed by atoms with Gasteiger partial charge in [-0.3, -0.25) is 0 Å². The van der Waals surface area contributed by atoms with Crippen LogP contribution in [0.3, 0.4) is 0 Å². The van der Waals surface area contributed by atoms with Crippen LogP contribution in [-0.2, 0) is 0 Å². The first kappa shape index (κ1) is 8.96. The molecule has 76 valence electrons. The molecule has 3 atom stereocenters. The fourth-order valence-corrected chi connectivity index (χ4v) is 2.94. The summed E-state index contributed by atoms with van der Waals surface area (Å²) in [4.78, 5) is 0. The van der Waals surface area contributed by atoms with Gasteiger partial charge >= 0.3 is 0 Å². The normalized spacial score (nSPS) is 36.3. The van der Waals surface area contributed by atoms with E-state index < -0.39 is 0 Å². The summed E-state index contributed by atoms with van der Waals surface area (Å²) in [5.41, 5.74) is 1.39. The van der Waals surface area contributed by atoms with Crippen molar-refractivity contribution in [1.82, 2.24) is 0 Å². The minimum Gasteiger partial charge on any atom is -0.0808 e. The van der Waals surface area contributed by atoms with Gasteiger partial charge in [-0.05, 0) is 36.2 Å². The summed E-state index contributed by atoms with van der Waals surface area (Å²) in [6.07, 6.45) is 23.0. The zero-order chi connectivity index (χ0) is 10.1. The molecule has 3 aliphatic rings. The first-order valence-electron chi connectivity index (χ1n) is 5.85. The van der Waals surface area contributed by atoms with Crippen molar-refractivity contribution in [3.05, 3.63) is 60.3 Å². The van der Waals surface area contributed by atoms with E-state index in [4.69, 9.17) is 0 Å². The van der Waals surface area contributed by atoms with Crippen molar-refractivity contribution >= 4 is 0 Å². The molecule has 0 bridgehead atoms. The molecule has 0 spiro atoms. The Bertz CT molecular complexity index is 376. The molecule has 0 nitrogen and oxygen atoms in total. The minimum absolute atomic E-state index is 0.749. The lowest BCUT2D eigenvalue weighted by molar-refractivity contribution is 0.486. The highest BCUT2D eigenvalue weighted by atomic mass is 14.4. The predicted molar refractivity (Wildman–Crippen MR) is 64.3 cm³/mol. The number of hydrogen-bond acceptors (Lipinski definition) is 0. The van der Waals surface area contributed by atoms with Crippen molar-refractivity contribution in [2.24, 2.45) is 17.8 Å². The number of hydrogen-bond donors (Lipinski definition) is 0. The Morgan fingerprint density at radius 1 is 0.933 bits per heavy atom. The average Bonchev–Trinajstić information content (AvgIpc) is 2.89. The van der Waals surface area contributed by atoms with E-state index in [1.807, 2.05) is 0 Å². The van der Waals surface area contributed by atoms with Gasteiger partial charge in [-0.25, -0.2) is 0 Å². The van der Waals surface area contributed by atoms with Crippen LogP contribution in [0.15, 0.2) is 60.3 Å². The molecule has 1 saturated carbocycles. The van der Waals surface area contributed by atoms with Gasteiger partial charge in [0.25, 0.3) is 0 Å². The molecule has 0 radical (unpaired) electrons. The van der Waals surface area contributed by atoms with Crippen LogP contribution in [-0.4, -0.2) is 0 Å². The van der Waals surface area contributed by atoms with E-state index >= 15 is 0 Å². The summed E-state index contributed by atoms with van der Waals surface area (Å²) in [5.74, 6) is 2.30. The third kappa shape index (κ3) is 1.65. The monoisotopic (exact) mass is 196 g/mol. The SMILES string of the molecule is C1=CC(=CC2CCC3C=CC=CC32)C=C1. The molecule has 0 saturated heterocycles. The molecule has 3 aliphatic carbocycles. The average molecular weight is 196 g/mol. The van der Waals surface area contributed by atoms with Gasteiger partial charge < -0.3 is 0 Å². The first-order chi connectivity index (χ1) is 7.43. The van der Waals surface area contributed by atoms with E-state index in [1.54, 1.807) is 0 Å². The van der Waals surface area contributed by atoms with Crippen LogP contribution >= 0.6 is 0 Å². The summed E-state index contributed by atoms with van der Waals surface area (Å²) < 4.78 is 0. The highest BCUT2D eigenvalue weighted by Crippen LogP contribution is 2.41. The van der Waals surface area contributed by atoms with E-state index in [9.17, 15) is 0 Å². The van der Waals surface area contributed by atoms with E-state index in [-0.39, 0.29) is 0 Å². The first-order valence-corrected chi connectivity index (χ1v) is 5.85. The lowest BCUT2D eigenvalue weighted by Gasteiger charge is -2.19. The van der Waals surface area contributed by atoms with Crippen molar-refractivity contribution in [2.45, 2.75) is 12.8 Å².